The SMILES string of the molecule is CCCCN(CCCNC(=O)OC(C)(C)C)C(=O)CCC(=O)O. The summed E-state index contributed by atoms with van der Waals surface area (Å²) < 4.78 is 5.13. The van der Waals surface area contributed by atoms with E-state index in [0.717, 1.165) is 12.8 Å². The Hall–Kier alpha value is -1.79. The molecule has 0 saturated heterocycles. The summed E-state index contributed by atoms with van der Waals surface area (Å²) in [6.45, 7) is 8.92. The third-order valence-corrected chi connectivity index (χ3v) is 2.96. The average molecular weight is 330 g/mol. The molecule has 2 amide bonds. The van der Waals surface area contributed by atoms with Crippen LogP contribution in [0.25, 0.3) is 0 Å². The van der Waals surface area contributed by atoms with Crippen LogP contribution in [0.2, 0.25) is 0 Å². The quantitative estimate of drug-likeness (QED) is 0.600. The van der Waals surface area contributed by atoms with Gasteiger partial charge in [0, 0.05) is 26.1 Å². The molecule has 0 aromatic rings. The second kappa shape index (κ2) is 10.9. The zero-order valence-electron chi connectivity index (χ0n) is 14.7. The first kappa shape index (κ1) is 21.2. The monoisotopic (exact) mass is 330 g/mol. The van der Waals surface area contributed by atoms with E-state index in [0.29, 0.717) is 26.1 Å². The molecule has 7 nitrogen and oxygen atoms in total. The standard InChI is InChI=1S/C16H30N2O5/c1-5-6-11-18(13(19)8-9-14(20)21)12-7-10-17-15(22)23-16(2,3)4/h5-12H2,1-4H3,(H,17,22)(H,20,21). The van der Waals surface area contributed by atoms with Gasteiger partial charge in [0.15, 0.2) is 0 Å². The zero-order valence-corrected chi connectivity index (χ0v) is 14.7. The molecule has 0 saturated carbocycles. The first-order chi connectivity index (χ1) is 10.7. The molecule has 0 rings (SSSR count). The number of carbonyl (C=O) groups excluding carboxylic acids is 2. The Morgan fingerprint density at radius 1 is 1.09 bits per heavy atom. The average Bonchev–Trinajstić information content (AvgIpc) is 2.42. The molecule has 2 N–H and O–H groups in total. The van der Waals surface area contributed by atoms with Crippen molar-refractivity contribution in [1.82, 2.24) is 10.2 Å². The van der Waals surface area contributed by atoms with E-state index in [-0.39, 0.29) is 18.7 Å². The van der Waals surface area contributed by atoms with Crippen LogP contribution in [0.1, 0.15) is 59.8 Å². The second-order valence-corrected chi connectivity index (χ2v) is 6.41. The van der Waals surface area contributed by atoms with Crippen LogP contribution < -0.4 is 5.32 Å². The Morgan fingerprint density at radius 3 is 2.22 bits per heavy atom. The maximum Gasteiger partial charge on any atom is 0.407 e. The second-order valence-electron chi connectivity index (χ2n) is 6.41. The predicted molar refractivity (Wildman–Crippen MR) is 87.2 cm³/mol. The number of aliphatic carboxylic acids is 1. The number of carboxylic acids is 1. The number of alkyl carbamates (subject to hydrolysis) is 1. The van der Waals surface area contributed by atoms with E-state index in [4.69, 9.17) is 9.84 Å². The van der Waals surface area contributed by atoms with Crippen molar-refractivity contribution in [2.45, 2.75) is 65.4 Å². The number of ether oxygens (including phenoxy) is 1. The molecule has 0 aromatic heterocycles. The van der Waals surface area contributed by atoms with E-state index < -0.39 is 17.7 Å². The van der Waals surface area contributed by atoms with Crippen LogP contribution in [0.5, 0.6) is 0 Å². The molecule has 0 unspecified atom stereocenters. The maximum atomic E-state index is 12.0. The lowest BCUT2D eigenvalue weighted by molar-refractivity contribution is -0.141. The van der Waals surface area contributed by atoms with Crippen molar-refractivity contribution in [3.05, 3.63) is 0 Å². The summed E-state index contributed by atoms with van der Waals surface area (Å²) in [7, 11) is 0. The number of carbonyl (C=O) groups is 3. The Kier molecular flexibility index (Phi) is 10.0. The fourth-order valence-corrected chi connectivity index (χ4v) is 1.86. The van der Waals surface area contributed by atoms with E-state index in [1.54, 1.807) is 25.7 Å². The van der Waals surface area contributed by atoms with Gasteiger partial charge in [-0.15, -0.1) is 0 Å². The summed E-state index contributed by atoms with van der Waals surface area (Å²) in [5, 5.41) is 11.3. The number of carboxylic acid groups (broad SMARTS) is 1. The van der Waals surface area contributed by atoms with E-state index >= 15 is 0 Å². The van der Waals surface area contributed by atoms with Gasteiger partial charge in [-0.25, -0.2) is 4.79 Å². The largest absolute Gasteiger partial charge is 0.481 e. The molecule has 134 valence electrons. The molecule has 0 bridgehead atoms. The van der Waals surface area contributed by atoms with Gasteiger partial charge in [-0.3, -0.25) is 9.59 Å². The fourth-order valence-electron chi connectivity index (χ4n) is 1.86. The molecule has 0 radical (unpaired) electrons. The fraction of sp³-hybridized carbons (Fsp3) is 0.812. The van der Waals surface area contributed by atoms with Gasteiger partial charge >= 0.3 is 12.1 Å². The number of nitrogens with zero attached hydrogens (tertiary/aromatic N) is 1. The van der Waals surface area contributed by atoms with Crippen molar-refractivity contribution in [3.63, 3.8) is 0 Å². The molecule has 23 heavy (non-hydrogen) atoms. The highest BCUT2D eigenvalue weighted by Crippen LogP contribution is 2.06. The molecular weight excluding hydrogens is 300 g/mol. The minimum Gasteiger partial charge on any atom is -0.481 e. The van der Waals surface area contributed by atoms with Crippen LogP contribution >= 0.6 is 0 Å². The number of unbranched alkanes of at least 4 members (excludes halogenated alkanes) is 1. The van der Waals surface area contributed by atoms with E-state index in [9.17, 15) is 14.4 Å². The highest BCUT2D eigenvalue weighted by atomic mass is 16.6. The lowest BCUT2D eigenvalue weighted by atomic mass is 10.2. The third kappa shape index (κ3) is 12.4. The van der Waals surface area contributed by atoms with Crippen molar-refractivity contribution in [3.8, 4) is 0 Å². The summed E-state index contributed by atoms with van der Waals surface area (Å²) in [6.07, 6.45) is 1.81. The van der Waals surface area contributed by atoms with Crippen molar-refractivity contribution < 1.29 is 24.2 Å². The van der Waals surface area contributed by atoms with Gasteiger partial charge in [-0.05, 0) is 33.6 Å². The lowest BCUT2D eigenvalue weighted by Gasteiger charge is -2.23. The van der Waals surface area contributed by atoms with Gasteiger partial charge in [0.05, 0.1) is 6.42 Å². The van der Waals surface area contributed by atoms with Gasteiger partial charge in [-0.1, -0.05) is 13.3 Å². The van der Waals surface area contributed by atoms with Crippen LogP contribution in [0.3, 0.4) is 0 Å². The first-order valence-electron chi connectivity index (χ1n) is 8.12. The highest BCUT2D eigenvalue weighted by Gasteiger charge is 2.16. The summed E-state index contributed by atoms with van der Waals surface area (Å²) >= 11 is 0. The molecule has 0 aliphatic carbocycles. The van der Waals surface area contributed by atoms with Crippen LogP contribution in [0, 0.1) is 0 Å². The number of rotatable bonds is 10. The Balaban J connectivity index is 4.16. The molecule has 7 heteroatoms. The van der Waals surface area contributed by atoms with Gasteiger partial charge in [0.1, 0.15) is 5.60 Å². The Bertz CT molecular complexity index is 390. The number of hydrogen-bond acceptors (Lipinski definition) is 4. The number of amides is 2. The minimum atomic E-state index is -0.972. The summed E-state index contributed by atoms with van der Waals surface area (Å²) in [5.74, 6) is -1.13. The molecule has 0 aliphatic heterocycles. The minimum absolute atomic E-state index is 0.0124. The topological polar surface area (TPSA) is 95.9 Å². The summed E-state index contributed by atoms with van der Waals surface area (Å²) in [6, 6.07) is 0. The molecule has 0 aromatic carbocycles. The van der Waals surface area contributed by atoms with Crippen molar-refractivity contribution in [1.29, 1.82) is 0 Å². The smallest absolute Gasteiger partial charge is 0.407 e. The number of nitrogens with one attached hydrogen (secondary N) is 1. The predicted octanol–water partition coefficient (Wildman–Crippen LogP) is 2.39. The first-order valence-corrected chi connectivity index (χ1v) is 8.12. The van der Waals surface area contributed by atoms with Gasteiger partial charge < -0.3 is 20.1 Å². The third-order valence-electron chi connectivity index (χ3n) is 2.96. The normalized spacial score (nSPS) is 11.0. The van der Waals surface area contributed by atoms with Crippen LogP contribution in [-0.2, 0) is 14.3 Å². The summed E-state index contributed by atoms with van der Waals surface area (Å²) in [4.78, 5) is 35.8. The molecule has 0 spiro atoms. The van der Waals surface area contributed by atoms with Crippen molar-refractivity contribution in [2.75, 3.05) is 19.6 Å². The zero-order chi connectivity index (χ0) is 17.9. The van der Waals surface area contributed by atoms with Gasteiger partial charge in [0.25, 0.3) is 0 Å². The Morgan fingerprint density at radius 2 is 1.70 bits per heavy atom. The van der Waals surface area contributed by atoms with Crippen molar-refractivity contribution in [2.24, 2.45) is 0 Å². The molecule has 0 heterocycles. The molecular formula is C16H30N2O5. The van der Waals surface area contributed by atoms with Crippen LogP contribution in [0.4, 0.5) is 4.79 Å². The van der Waals surface area contributed by atoms with Crippen LogP contribution in [-0.4, -0.2) is 53.2 Å². The molecule has 0 fully saturated rings. The molecule has 0 atom stereocenters. The van der Waals surface area contributed by atoms with Crippen molar-refractivity contribution >= 4 is 18.0 Å². The Labute approximate surface area is 138 Å². The molecule has 0 aliphatic rings. The van der Waals surface area contributed by atoms with Crippen LogP contribution in [0.15, 0.2) is 0 Å². The van der Waals surface area contributed by atoms with E-state index in [2.05, 4.69) is 5.32 Å². The number of hydrogen-bond donors (Lipinski definition) is 2. The van der Waals surface area contributed by atoms with Gasteiger partial charge in [0.2, 0.25) is 5.91 Å². The van der Waals surface area contributed by atoms with Gasteiger partial charge in [-0.2, -0.15) is 0 Å². The van der Waals surface area contributed by atoms with E-state index in [1.807, 2.05) is 6.92 Å². The summed E-state index contributed by atoms with van der Waals surface area (Å²) in [5.41, 5.74) is -0.538. The lowest BCUT2D eigenvalue weighted by Crippen LogP contribution is -2.36. The highest BCUT2D eigenvalue weighted by molar-refractivity contribution is 5.80. The van der Waals surface area contributed by atoms with E-state index in [1.165, 1.54) is 0 Å². The maximum absolute atomic E-state index is 12.0.